The maximum Gasteiger partial charge on any atom is 0.415 e. The van der Waals surface area contributed by atoms with Crippen molar-refractivity contribution in [3.63, 3.8) is 0 Å². The molecule has 1 atom stereocenters. The summed E-state index contributed by atoms with van der Waals surface area (Å²) in [5, 5.41) is 0. The monoisotopic (exact) mass is 551 g/mol. The van der Waals surface area contributed by atoms with E-state index in [-0.39, 0.29) is 24.4 Å². The van der Waals surface area contributed by atoms with Gasteiger partial charge in [-0.3, -0.25) is 0 Å². The summed E-state index contributed by atoms with van der Waals surface area (Å²) in [5.74, 6) is -0.123. The number of sulfone groups is 1. The Labute approximate surface area is 193 Å². The van der Waals surface area contributed by atoms with Gasteiger partial charge in [0.25, 0.3) is 0 Å². The van der Waals surface area contributed by atoms with Crippen molar-refractivity contribution in [1.29, 1.82) is 0 Å². The Balaban J connectivity index is 1.72. The number of hydrogen-bond acceptors (Lipinski definition) is 4. The fraction of sp³-hybridized carbons (Fsp3) is 0.174. The van der Waals surface area contributed by atoms with Gasteiger partial charge in [0, 0.05) is 16.7 Å². The molecule has 0 unspecified atom stereocenters. The molecule has 1 aliphatic rings. The molecule has 5 nitrogen and oxygen atoms in total. The van der Waals surface area contributed by atoms with E-state index in [4.69, 9.17) is 4.74 Å². The van der Waals surface area contributed by atoms with Crippen LogP contribution in [0.1, 0.15) is 12.0 Å². The van der Waals surface area contributed by atoms with E-state index >= 15 is 0 Å². The third-order valence-corrected chi connectivity index (χ3v) is 8.66. The second-order valence-corrected chi connectivity index (χ2v) is 10.8. The lowest BCUT2D eigenvalue weighted by Gasteiger charge is -2.30. The van der Waals surface area contributed by atoms with Gasteiger partial charge in [0.05, 0.1) is 4.90 Å². The second-order valence-electron chi connectivity index (χ2n) is 7.31. The molecule has 1 saturated heterocycles. The van der Waals surface area contributed by atoms with Crippen LogP contribution in [0.15, 0.2) is 83.8 Å². The summed E-state index contributed by atoms with van der Waals surface area (Å²) in [6.07, 6.45) is -0.398. The predicted molar refractivity (Wildman–Crippen MR) is 123 cm³/mol. The molecule has 0 aromatic heterocycles. The van der Waals surface area contributed by atoms with Crippen LogP contribution in [0.5, 0.6) is 5.75 Å². The summed E-state index contributed by atoms with van der Waals surface area (Å²) in [6.45, 7) is 0.164. The van der Waals surface area contributed by atoms with Crippen molar-refractivity contribution in [2.75, 3.05) is 13.1 Å². The highest BCUT2D eigenvalue weighted by Crippen LogP contribution is 2.43. The van der Waals surface area contributed by atoms with E-state index in [9.17, 15) is 17.6 Å². The summed E-state index contributed by atoms with van der Waals surface area (Å²) in [6, 6.07) is 20.7. The Hall–Kier alpha value is -2.46. The Bertz CT molecular complexity index is 1180. The molecular formula is C23H19FINO4S. The van der Waals surface area contributed by atoms with Crippen LogP contribution >= 0.6 is 22.6 Å². The minimum absolute atomic E-state index is 0.0192. The Kier molecular flexibility index (Phi) is 6.02. The quantitative estimate of drug-likeness (QED) is 0.338. The molecule has 0 radical (unpaired) electrons. The molecular weight excluding hydrogens is 532 g/mol. The van der Waals surface area contributed by atoms with Crippen LogP contribution in [0.25, 0.3) is 0 Å². The highest BCUT2D eigenvalue weighted by molar-refractivity contribution is 14.1. The standard InChI is InChI=1S/C23H19FINO4S/c24-18-8-12-21(13-9-18)31(28,29)23(17-6-10-19(25)11-7-17)14-15-26(16-23)22(27)30-20-4-2-1-3-5-20/h1-13H,14-16H2/t23-/m1/s1. The number of carbonyl (C=O) groups excluding carboxylic acids is 1. The Morgan fingerprint density at radius 1 is 0.968 bits per heavy atom. The van der Waals surface area contributed by atoms with Crippen molar-refractivity contribution in [1.82, 2.24) is 4.90 Å². The molecule has 0 aliphatic carbocycles. The summed E-state index contributed by atoms with van der Waals surface area (Å²) in [5.41, 5.74) is 0.590. The van der Waals surface area contributed by atoms with Gasteiger partial charge in [0.15, 0.2) is 9.84 Å². The summed E-state index contributed by atoms with van der Waals surface area (Å²) in [7, 11) is -3.94. The third-order valence-electron chi connectivity index (χ3n) is 5.45. The number of halogens is 2. The van der Waals surface area contributed by atoms with E-state index in [1.54, 1.807) is 36.4 Å². The van der Waals surface area contributed by atoms with Gasteiger partial charge in [-0.15, -0.1) is 0 Å². The van der Waals surface area contributed by atoms with Crippen LogP contribution < -0.4 is 4.74 Å². The van der Waals surface area contributed by atoms with E-state index in [1.165, 1.54) is 17.0 Å². The maximum absolute atomic E-state index is 13.8. The lowest BCUT2D eigenvalue weighted by atomic mass is 9.97. The van der Waals surface area contributed by atoms with Crippen LogP contribution in [0.2, 0.25) is 0 Å². The number of ether oxygens (including phenoxy) is 1. The van der Waals surface area contributed by atoms with Crippen molar-refractivity contribution in [2.24, 2.45) is 0 Å². The number of likely N-dealkylation sites (tertiary alicyclic amines) is 1. The van der Waals surface area contributed by atoms with Gasteiger partial charge in [-0.05, 0) is 83.1 Å². The first-order valence-corrected chi connectivity index (χ1v) is 12.2. The van der Waals surface area contributed by atoms with Crippen molar-refractivity contribution in [3.05, 3.63) is 93.8 Å². The number of carbonyl (C=O) groups is 1. The van der Waals surface area contributed by atoms with Crippen molar-refractivity contribution >= 4 is 38.5 Å². The average Bonchev–Trinajstić information content (AvgIpc) is 3.23. The SMILES string of the molecule is O=C(Oc1ccccc1)N1CC[C@@](c2ccc(I)cc2)(S(=O)(=O)c2ccc(F)cc2)C1. The minimum Gasteiger partial charge on any atom is -0.410 e. The van der Waals surface area contributed by atoms with E-state index in [1.807, 2.05) is 18.2 Å². The fourth-order valence-electron chi connectivity index (χ4n) is 3.79. The summed E-state index contributed by atoms with van der Waals surface area (Å²) < 4.78 is 46.0. The molecule has 3 aromatic rings. The topological polar surface area (TPSA) is 63.7 Å². The minimum atomic E-state index is -3.94. The molecule has 4 rings (SSSR count). The zero-order chi connectivity index (χ0) is 22.1. The Morgan fingerprint density at radius 2 is 1.61 bits per heavy atom. The van der Waals surface area contributed by atoms with E-state index in [2.05, 4.69) is 22.6 Å². The summed E-state index contributed by atoms with van der Waals surface area (Å²) >= 11 is 2.15. The summed E-state index contributed by atoms with van der Waals surface area (Å²) in [4.78, 5) is 14.2. The molecule has 160 valence electrons. The van der Waals surface area contributed by atoms with E-state index in [0.29, 0.717) is 11.3 Å². The molecule has 1 heterocycles. The first-order valence-electron chi connectivity index (χ1n) is 9.60. The van der Waals surface area contributed by atoms with Crippen LogP contribution in [0.3, 0.4) is 0 Å². The van der Waals surface area contributed by atoms with E-state index < -0.39 is 26.5 Å². The zero-order valence-electron chi connectivity index (χ0n) is 16.4. The molecule has 0 spiro atoms. The smallest absolute Gasteiger partial charge is 0.410 e. The number of benzene rings is 3. The van der Waals surface area contributed by atoms with E-state index in [0.717, 1.165) is 15.7 Å². The van der Waals surface area contributed by atoms with Gasteiger partial charge < -0.3 is 9.64 Å². The van der Waals surface area contributed by atoms with Crippen molar-refractivity contribution in [2.45, 2.75) is 16.1 Å². The van der Waals surface area contributed by atoms with Crippen molar-refractivity contribution in [3.8, 4) is 5.75 Å². The second kappa shape index (κ2) is 8.58. The normalized spacial score (nSPS) is 18.7. The first kappa shape index (κ1) is 21.8. The molecule has 8 heteroatoms. The largest absolute Gasteiger partial charge is 0.415 e. The highest BCUT2D eigenvalue weighted by Gasteiger charge is 2.52. The highest BCUT2D eigenvalue weighted by atomic mass is 127. The molecule has 3 aromatic carbocycles. The number of amides is 1. The molecule has 1 fully saturated rings. The number of hydrogen-bond donors (Lipinski definition) is 0. The molecule has 1 amide bonds. The zero-order valence-corrected chi connectivity index (χ0v) is 19.3. The first-order chi connectivity index (χ1) is 14.8. The molecule has 31 heavy (non-hydrogen) atoms. The third kappa shape index (κ3) is 4.18. The van der Waals surface area contributed by atoms with Gasteiger partial charge in [-0.2, -0.15) is 0 Å². The molecule has 0 N–H and O–H groups in total. The van der Waals surface area contributed by atoms with Crippen molar-refractivity contribution < 1.29 is 22.3 Å². The average molecular weight is 551 g/mol. The lowest BCUT2D eigenvalue weighted by Crippen LogP contribution is -2.41. The maximum atomic E-state index is 13.8. The van der Waals surface area contributed by atoms with Gasteiger partial charge in [-0.25, -0.2) is 17.6 Å². The number of rotatable bonds is 4. The van der Waals surface area contributed by atoms with Gasteiger partial charge in [0.2, 0.25) is 0 Å². The van der Waals surface area contributed by atoms with Gasteiger partial charge >= 0.3 is 6.09 Å². The van der Waals surface area contributed by atoms with Crippen LogP contribution in [0, 0.1) is 9.39 Å². The van der Waals surface area contributed by atoms with Crippen LogP contribution in [0.4, 0.5) is 9.18 Å². The lowest BCUT2D eigenvalue weighted by molar-refractivity contribution is 0.161. The van der Waals surface area contributed by atoms with Gasteiger partial charge in [-0.1, -0.05) is 30.3 Å². The van der Waals surface area contributed by atoms with Crippen LogP contribution in [-0.4, -0.2) is 32.5 Å². The fourth-order valence-corrected chi connectivity index (χ4v) is 6.23. The molecule has 0 saturated carbocycles. The predicted octanol–water partition coefficient (Wildman–Crippen LogP) is 5.00. The van der Waals surface area contributed by atoms with Crippen LogP contribution in [-0.2, 0) is 14.6 Å². The Morgan fingerprint density at radius 3 is 2.26 bits per heavy atom. The number of para-hydroxylation sites is 1. The molecule has 1 aliphatic heterocycles. The number of nitrogens with zero attached hydrogens (tertiary/aromatic N) is 1. The van der Waals surface area contributed by atoms with Gasteiger partial charge in [0.1, 0.15) is 16.3 Å². The molecule has 0 bridgehead atoms.